The number of nitrogens with two attached hydrogens (primary N) is 1. The summed E-state index contributed by atoms with van der Waals surface area (Å²) in [5.41, 5.74) is 11.6. The van der Waals surface area contributed by atoms with Crippen LogP contribution in [0.1, 0.15) is 53.5 Å². The molecule has 1 aromatic heterocycles. The van der Waals surface area contributed by atoms with Gasteiger partial charge in [0, 0.05) is 17.6 Å². The van der Waals surface area contributed by atoms with Crippen molar-refractivity contribution in [2.75, 3.05) is 13.7 Å². The Balaban J connectivity index is 1.64. The molecule has 1 saturated carbocycles. The number of esters is 1. The first-order valence-electron chi connectivity index (χ1n) is 10.8. The summed E-state index contributed by atoms with van der Waals surface area (Å²) in [6, 6.07) is 14.4. The van der Waals surface area contributed by atoms with Crippen molar-refractivity contribution >= 4 is 22.8 Å². The molecule has 6 heteroatoms. The minimum atomic E-state index is -0.446. The maximum absolute atomic E-state index is 12.2. The van der Waals surface area contributed by atoms with E-state index in [0.29, 0.717) is 18.1 Å². The van der Waals surface area contributed by atoms with Crippen LogP contribution in [0.5, 0.6) is 5.75 Å². The van der Waals surface area contributed by atoms with Crippen molar-refractivity contribution in [1.29, 1.82) is 0 Å². The number of rotatable bonds is 7. The molecule has 5 rings (SSSR count). The third-order valence-corrected chi connectivity index (χ3v) is 6.54. The van der Waals surface area contributed by atoms with Crippen LogP contribution in [0.15, 0.2) is 42.5 Å². The third-order valence-electron chi connectivity index (χ3n) is 6.54. The van der Waals surface area contributed by atoms with Gasteiger partial charge in [0.25, 0.3) is 0 Å². The number of primary amides is 1. The zero-order chi connectivity index (χ0) is 21.5. The normalized spacial score (nSPS) is 17.5. The Labute approximate surface area is 180 Å². The van der Waals surface area contributed by atoms with Crippen LogP contribution in [0.2, 0.25) is 0 Å². The average molecular weight is 418 g/mol. The van der Waals surface area contributed by atoms with Crippen LogP contribution in [0.25, 0.3) is 10.9 Å². The van der Waals surface area contributed by atoms with Crippen LogP contribution in [0.4, 0.5) is 0 Å². The number of amides is 1. The molecule has 2 N–H and O–H groups in total. The lowest BCUT2D eigenvalue weighted by Crippen LogP contribution is -2.19. The molecular weight excluding hydrogens is 392 g/mol. The van der Waals surface area contributed by atoms with Crippen molar-refractivity contribution in [3.63, 3.8) is 0 Å². The average Bonchev–Trinajstić information content (AvgIpc) is 3.46. The van der Waals surface area contributed by atoms with Crippen molar-refractivity contribution < 1.29 is 19.1 Å². The van der Waals surface area contributed by atoms with Crippen LogP contribution in [0.3, 0.4) is 0 Å². The predicted molar refractivity (Wildman–Crippen MR) is 117 cm³/mol. The van der Waals surface area contributed by atoms with E-state index < -0.39 is 5.97 Å². The molecular formula is C25H26N2O4. The van der Waals surface area contributed by atoms with Gasteiger partial charge in [0.1, 0.15) is 5.75 Å². The SMILES string of the molecule is COC(=O)COc1cccc2c1c1c(n2Cc2ccccc2C2CC2)CCC1C(N)=O. The summed E-state index contributed by atoms with van der Waals surface area (Å²) in [4.78, 5) is 23.9. The molecule has 1 atom stereocenters. The Kier molecular flexibility index (Phi) is 4.93. The molecule has 0 aliphatic heterocycles. The summed E-state index contributed by atoms with van der Waals surface area (Å²) in [6.07, 6.45) is 3.98. The number of hydrogen-bond donors (Lipinski definition) is 1. The molecule has 1 unspecified atom stereocenters. The van der Waals surface area contributed by atoms with E-state index in [1.54, 1.807) is 0 Å². The summed E-state index contributed by atoms with van der Waals surface area (Å²) < 4.78 is 12.8. The molecule has 2 aliphatic rings. The molecule has 31 heavy (non-hydrogen) atoms. The number of nitrogens with zero attached hydrogens (tertiary/aromatic N) is 1. The first-order valence-corrected chi connectivity index (χ1v) is 10.8. The van der Waals surface area contributed by atoms with Gasteiger partial charge in [-0.2, -0.15) is 0 Å². The zero-order valence-electron chi connectivity index (χ0n) is 17.6. The number of aromatic nitrogens is 1. The predicted octanol–water partition coefficient (Wildman–Crippen LogP) is 3.63. The standard InChI is InChI=1S/C25H26N2O4/c1-30-22(28)14-31-21-8-4-7-19-24(21)23-18(25(26)29)11-12-20(23)27(19)13-16-5-2-3-6-17(16)15-9-10-15/h2-8,15,18H,9-14H2,1H3,(H2,26,29). The highest BCUT2D eigenvalue weighted by atomic mass is 16.6. The first kappa shape index (κ1) is 19.7. The second-order valence-electron chi connectivity index (χ2n) is 8.43. The zero-order valence-corrected chi connectivity index (χ0v) is 17.6. The summed E-state index contributed by atoms with van der Waals surface area (Å²) >= 11 is 0. The molecule has 1 amide bonds. The molecule has 2 aliphatic carbocycles. The lowest BCUT2D eigenvalue weighted by molar-refractivity contribution is -0.142. The molecule has 0 spiro atoms. The molecule has 160 valence electrons. The van der Waals surface area contributed by atoms with E-state index in [-0.39, 0.29) is 18.4 Å². The van der Waals surface area contributed by atoms with Gasteiger partial charge in [0.05, 0.1) is 18.5 Å². The Morgan fingerprint density at radius 1 is 1.10 bits per heavy atom. The molecule has 0 radical (unpaired) electrons. The monoisotopic (exact) mass is 418 g/mol. The summed E-state index contributed by atoms with van der Waals surface area (Å²) in [6.45, 7) is 0.561. The number of carbonyl (C=O) groups is 2. The van der Waals surface area contributed by atoms with E-state index in [2.05, 4.69) is 34.9 Å². The molecule has 2 aromatic carbocycles. The number of hydrogen-bond acceptors (Lipinski definition) is 4. The highest BCUT2D eigenvalue weighted by Gasteiger charge is 2.35. The number of carbonyl (C=O) groups excluding carboxylic acids is 2. The Bertz CT molecular complexity index is 1180. The lowest BCUT2D eigenvalue weighted by atomic mass is 9.99. The van der Waals surface area contributed by atoms with Gasteiger partial charge in [-0.15, -0.1) is 0 Å². The van der Waals surface area contributed by atoms with E-state index in [1.807, 2.05) is 12.1 Å². The third kappa shape index (κ3) is 3.46. The fourth-order valence-electron chi connectivity index (χ4n) is 4.94. The number of benzene rings is 2. The second kappa shape index (κ2) is 7.76. The highest BCUT2D eigenvalue weighted by Crippen LogP contribution is 2.46. The lowest BCUT2D eigenvalue weighted by Gasteiger charge is -2.14. The van der Waals surface area contributed by atoms with E-state index >= 15 is 0 Å². The maximum atomic E-state index is 12.2. The van der Waals surface area contributed by atoms with Crippen molar-refractivity contribution in [1.82, 2.24) is 4.57 Å². The fourth-order valence-corrected chi connectivity index (χ4v) is 4.94. The second-order valence-corrected chi connectivity index (χ2v) is 8.43. The van der Waals surface area contributed by atoms with Gasteiger partial charge in [0.15, 0.2) is 6.61 Å². The van der Waals surface area contributed by atoms with Gasteiger partial charge in [-0.05, 0) is 60.4 Å². The molecule has 0 bridgehead atoms. The molecule has 0 saturated heterocycles. The van der Waals surface area contributed by atoms with E-state index in [9.17, 15) is 9.59 Å². The van der Waals surface area contributed by atoms with Gasteiger partial charge in [-0.25, -0.2) is 4.79 Å². The Morgan fingerprint density at radius 2 is 1.90 bits per heavy atom. The minimum Gasteiger partial charge on any atom is -0.481 e. The summed E-state index contributed by atoms with van der Waals surface area (Å²) in [7, 11) is 1.33. The molecule has 1 fully saturated rings. The quantitative estimate of drug-likeness (QED) is 0.594. The van der Waals surface area contributed by atoms with Gasteiger partial charge in [-0.1, -0.05) is 30.3 Å². The summed E-state index contributed by atoms with van der Waals surface area (Å²) in [5, 5.41) is 0.881. The summed E-state index contributed by atoms with van der Waals surface area (Å²) in [5.74, 6) is 0.127. The maximum Gasteiger partial charge on any atom is 0.343 e. The topological polar surface area (TPSA) is 83.6 Å². The molecule has 3 aromatic rings. The van der Waals surface area contributed by atoms with Gasteiger partial charge in [-0.3, -0.25) is 4.79 Å². The smallest absolute Gasteiger partial charge is 0.343 e. The van der Waals surface area contributed by atoms with Gasteiger partial charge < -0.3 is 19.8 Å². The Hall–Kier alpha value is -3.28. The Morgan fingerprint density at radius 3 is 2.65 bits per heavy atom. The minimum absolute atomic E-state index is 0.179. The van der Waals surface area contributed by atoms with E-state index in [0.717, 1.165) is 35.1 Å². The molecule has 1 heterocycles. The van der Waals surface area contributed by atoms with Crippen LogP contribution >= 0.6 is 0 Å². The van der Waals surface area contributed by atoms with Crippen molar-refractivity contribution in [3.8, 4) is 5.75 Å². The van der Waals surface area contributed by atoms with Crippen LogP contribution in [0, 0.1) is 0 Å². The fraction of sp³-hybridized carbons (Fsp3) is 0.360. The number of fused-ring (bicyclic) bond motifs is 3. The van der Waals surface area contributed by atoms with E-state index in [4.69, 9.17) is 15.2 Å². The number of methoxy groups -OCH3 is 1. The van der Waals surface area contributed by atoms with Crippen molar-refractivity contribution in [3.05, 3.63) is 64.8 Å². The van der Waals surface area contributed by atoms with E-state index in [1.165, 1.54) is 31.1 Å². The first-order chi connectivity index (χ1) is 15.1. The molecule has 6 nitrogen and oxygen atoms in total. The largest absolute Gasteiger partial charge is 0.481 e. The van der Waals surface area contributed by atoms with Crippen molar-refractivity contribution in [2.24, 2.45) is 5.73 Å². The van der Waals surface area contributed by atoms with Gasteiger partial charge in [0.2, 0.25) is 5.91 Å². The van der Waals surface area contributed by atoms with Crippen LogP contribution < -0.4 is 10.5 Å². The number of ether oxygens (including phenoxy) is 2. The van der Waals surface area contributed by atoms with Crippen molar-refractivity contribution in [2.45, 2.75) is 44.1 Å². The van der Waals surface area contributed by atoms with Crippen LogP contribution in [-0.2, 0) is 27.3 Å². The van der Waals surface area contributed by atoms with Gasteiger partial charge >= 0.3 is 5.97 Å². The highest BCUT2D eigenvalue weighted by molar-refractivity contribution is 5.97. The van der Waals surface area contributed by atoms with Crippen LogP contribution in [-0.4, -0.2) is 30.2 Å².